The second-order valence-electron chi connectivity index (χ2n) is 6.82. The number of amides is 2. The number of aromatic nitrogens is 1. The fourth-order valence-electron chi connectivity index (χ4n) is 3.21. The number of guanidine groups is 1. The molecule has 148 valence electrons. The number of carbonyl (C=O) groups is 2. The Morgan fingerprint density at radius 3 is 2.36 bits per heavy atom. The van der Waals surface area contributed by atoms with Crippen molar-refractivity contribution in [1.82, 2.24) is 20.1 Å². The zero-order valence-corrected chi connectivity index (χ0v) is 16.4. The summed E-state index contributed by atoms with van der Waals surface area (Å²) in [5.74, 6) is 0.393. The molecule has 2 aromatic rings. The maximum atomic E-state index is 12.3. The molecule has 1 aliphatic heterocycles. The van der Waals surface area contributed by atoms with E-state index in [1.54, 1.807) is 24.3 Å². The smallest absolute Gasteiger partial charge is 0.261 e. The van der Waals surface area contributed by atoms with Crippen molar-refractivity contribution in [2.24, 2.45) is 12.0 Å². The minimum Gasteiger partial charge on any atom is -0.357 e. The summed E-state index contributed by atoms with van der Waals surface area (Å²) in [6, 6.07) is 9.05. The number of aryl methyl sites for hydroxylation is 1. The predicted octanol–water partition coefficient (Wildman–Crippen LogP) is 2.16. The van der Waals surface area contributed by atoms with E-state index in [0.29, 0.717) is 24.2 Å². The van der Waals surface area contributed by atoms with E-state index in [1.165, 1.54) is 4.90 Å². The van der Waals surface area contributed by atoms with Crippen LogP contribution >= 0.6 is 0 Å². The fraction of sp³-hybridized carbons (Fsp3) is 0.381. The Labute approximate surface area is 165 Å². The second kappa shape index (κ2) is 9.21. The Balaban J connectivity index is 1.43. The first-order valence-electron chi connectivity index (χ1n) is 9.68. The molecule has 3 rings (SSSR count). The van der Waals surface area contributed by atoms with Crippen molar-refractivity contribution in [3.63, 3.8) is 0 Å². The largest absolute Gasteiger partial charge is 0.357 e. The van der Waals surface area contributed by atoms with Crippen LogP contribution in [-0.4, -0.2) is 46.9 Å². The Morgan fingerprint density at radius 1 is 1.04 bits per heavy atom. The van der Waals surface area contributed by atoms with Gasteiger partial charge in [-0.1, -0.05) is 12.1 Å². The number of unbranched alkanes of at least 4 members (excludes halogenated alkanes) is 1. The highest BCUT2D eigenvalue weighted by atomic mass is 16.2. The van der Waals surface area contributed by atoms with Gasteiger partial charge in [0.1, 0.15) is 0 Å². The third kappa shape index (κ3) is 4.60. The van der Waals surface area contributed by atoms with Gasteiger partial charge in [0, 0.05) is 39.1 Å². The molecule has 0 atom stereocenters. The number of rotatable bonds is 8. The molecule has 1 aliphatic rings. The molecule has 0 spiro atoms. The average molecular weight is 381 g/mol. The van der Waals surface area contributed by atoms with E-state index in [4.69, 9.17) is 0 Å². The molecule has 2 heterocycles. The molecule has 0 saturated carbocycles. The van der Waals surface area contributed by atoms with Gasteiger partial charge in [-0.3, -0.25) is 14.5 Å². The standard InChI is InChI=1S/C21H27N5O2/c1-3-22-21(24-14-16-10-13-25(2)15-16)23-11-6-7-12-26-19(27)17-8-4-5-9-18(17)20(26)28/h4-5,8-10,13,15H,3,6-7,11-12,14H2,1-2H3,(H2,22,23,24). The zero-order chi connectivity index (χ0) is 19.9. The van der Waals surface area contributed by atoms with Gasteiger partial charge in [0.25, 0.3) is 11.8 Å². The van der Waals surface area contributed by atoms with E-state index < -0.39 is 0 Å². The molecule has 7 heteroatoms. The molecule has 7 nitrogen and oxygen atoms in total. The molecule has 1 aromatic heterocycles. The lowest BCUT2D eigenvalue weighted by molar-refractivity contribution is 0.0652. The number of aliphatic imine (C=N–C) groups is 1. The lowest BCUT2D eigenvalue weighted by Crippen LogP contribution is -2.38. The highest BCUT2D eigenvalue weighted by Crippen LogP contribution is 2.22. The molecule has 0 fully saturated rings. The van der Waals surface area contributed by atoms with Crippen LogP contribution in [0.1, 0.15) is 46.0 Å². The summed E-state index contributed by atoms with van der Waals surface area (Å²) in [7, 11) is 1.99. The molecule has 2 amide bonds. The molecule has 0 unspecified atom stereocenters. The van der Waals surface area contributed by atoms with Crippen molar-refractivity contribution >= 4 is 17.8 Å². The molecular weight excluding hydrogens is 354 g/mol. The first-order chi connectivity index (χ1) is 13.6. The van der Waals surface area contributed by atoms with Crippen LogP contribution in [0, 0.1) is 0 Å². The SMILES string of the molecule is CCNC(=NCc1ccn(C)c1)NCCCCN1C(=O)c2ccccc2C1=O. The summed E-state index contributed by atoms with van der Waals surface area (Å²) in [5.41, 5.74) is 2.17. The van der Waals surface area contributed by atoms with Crippen LogP contribution in [0.4, 0.5) is 0 Å². The molecule has 0 aliphatic carbocycles. The molecule has 2 N–H and O–H groups in total. The molecule has 0 saturated heterocycles. The number of benzene rings is 1. The topological polar surface area (TPSA) is 78.7 Å². The minimum absolute atomic E-state index is 0.189. The van der Waals surface area contributed by atoms with E-state index in [1.807, 2.05) is 24.7 Å². The zero-order valence-electron chi connectivity index (χ0n) is 16.4. The maximum Gasteiger partial charge on any atom is 0.261 e. The Hall–Kier alpha value is -3.09. The van der Waals surface area contributed by atoms with Gasteiger partial charge in [0.2, 0.25) is 0 Å². The fourth-order valence-corrected chi connectivity index (χ4v) is 3.21. The average Bonchev–Trinajstić information content (AvgIpc) is 3.22. The van der Waals surface area contributed by atoms with Gasteiger partial charge < -0.3 is 15.2 Å². The van der Waals surface area contributed by atoms with E-state index in [0.717, 1.165) is 37.5 Å². The van der Waals surface area contributed by atoms with Crippen molar-refractivity contribution in [3.05, 3.63) is 59.4 Å². The van der Waals surface area contributed by atoms with Crippen LogP contribution in [0.25, 0.3) is 0 Å². The number of hydrogen-bond donors (Lipinski definition) is 2. The molecule has 1 aromatic carbocycles. The first-order valence-corrected chi connectivity index (χ1v) is 9.68. The van der Waals surface area contributed by atoms with Gasteiger partial charge in [-0.05, 0) is 43.5 Å². The van der Waals surface area contributed by atoms with Gasteiger partial charge in [-0.25, -0.2) is 4.99 Å². The highest BCUT2D eigenvalue weighted by Gasteiger charge is 2.34. The molecule has 0 bridgehead atoms. The van der Waals surface area contributed by atoms with Crippen LogP contribution < -0.4 is 10.6 Å². The molecule has 28 heavy (non-hydrogen) atoms. The lowest BCUT2D eigenvalue weighted by atomic mass is 10.1. The van der Waals surface area contributed by atoms with Crippen LogP contribution in [0.5, 0.6) is 0 Å². The Kier molecular flexibility index (Phi) is 6.47. The van der Waals surface area contributed by atoms with E-state index in [2.05, 4.69) is 27.9 Å². The Bertz CT molecular complexity index is 836. The lowest BCUT2D eigenvalue weighted by Gasteiger charge is -2.14. The normalized spacial score (nSPS) is 13.8. The number of nitrogens with zero attached hydrogens (tertiary/aromatic N) is 3. The third-order valence-electron chi connectivity index (χ3n) is 4.64. The van der Waals surface area contributed by atoms with Crippen molar-refractivity contribution < 1.29 is 9.59 Å². The van der Waals surface area contributed by atoms with E-state index in [-0.39, 0.29) is 11.8 Å². The van der Waals surface area contributed by atoms with Crippen LogP contribution in [0.15, 0.2) is 47.7 Å². The highest BCUT2D eigenvalue weighted by molar-refractivity contribution is 6.21. The van der Waals surface area contributed by atoms with Gasteiger partial charge >= 0.3 is 0 Å². The van der Waals surface area contributed by atoms with Crippen LogP contribution in [0.2, 0.25) is 0 Å². The molecular formula is C21H27N5O2. The third-order valence-corrected chi connectivity index (χ3v) is 4.64. The number of carbonyl (C=O) groups excluding carboxylic acids is 2. The monoisotopic (exact) mass is 381 g/mol. The van der Waals surface area contributed by atoms with Crippen LogP contribution in [-0.2, 0) is 13.6 Å². The minimum atomic E-state index is -0.189. The Morgan fingerprint density at radius 2 is 1.75 bits per heavy atom. The summed E-state index contributed by atoms with van der Waals surface area (Å²) in [6.07, 6.45) is 5.64. The second-order valence-corrected chi connectivity index (χ2v) is 6.82. The summed E-state index contributed by atoms with van der Waals surface area (Å²) in [6.45, 7) is 4.60. The van der Waals surface area contributed by atoms with Crippen molar-refractivity contribution in [2.75, 3.05) is 19.6 Å². The number of fused-ring (bicyclic) bond motifs is 1. The van der Waals surface area contributed by atoms with Gasteiger partial charge in [0.15, 0.2) is 5.96 Å². The quantitative estimate of drug-likeness (QED) is 0.318. The maximum absolute atomic E-state index is 12.3. The summed E-state index contributed by atoms with van der Waals surface area (Å²) in [5, 5.41) is 6.54. The number of hydrogen-bond acceptors (Lipinski definition) is 3. The first kappa shape index (κ1) is 19.7. The summed E-state index contributed by atoms with van der Waals surface area (Å²) < 4.78 is 2.00. The van der Waals surface area contributed by atoms with E-state index >= 15 is 0 Å². The van der Waals surface area contributed by atoms with Gasteiger partial charge in [0.05, 0.1) is 17.7 Å². The van der Waals surface area contributed by atoms with Crippen LogP contribution in [0.3, 0.4) is 0 Å². The van der Waals surface area contributed by atoms with Gasteiger partial charge in [-0.15, -0.1) is 0 Å². The van der Waals surface area contributed by atoms with Crippen molar-refractivity contribution in [1.29, 1.82) is 0 Å². The molecule has 0 radical (unpaired) electrons. The number of imide groups is 1. The summed E-state index contributed by atoms with van der Waals surface area (Å²) in [4.78, 5) is 30.6. The van der Waals surface area contributed by atoms with Crippen molar-refractivity contribution in [3.8, 4) is 0 Å². The van der Waals surface area contributed by atoms with E-state index in [9.17, 15) is 9.59 Å². The summed E-state index contributed by atoms with van der Waals surface area (Å²) >= 11 is 0. The number of nitrogens with one attached hydrogen (secondary N) is 2. The van der Waals surface area contributed by atoms with Gasteiger partial charge in [-0.2, -0.15) is 0 Å². The van der Waals surface area contributed by atoms with Crippen molar-refractivity contribution in [2.45, 2.75) is 26.3 Å². The predicted molar refractivity (Wildman–Crippen MR) is 109 cm³/mol.